The van der Waals surface area contributed by atoms with Crippen LogP contribution in [0.3, 0.4) is 0 Å². The highest BCUT2D eigenvalue weighted by atomic mass is 16.3. The third-order valence-corrected chi connectivity index (χ3v) is 2.78. The summed E-state index contributed by atoms with van der Waals surface area (Å²) in [5.41, 5.74) is -0.301. The van der Waals surface area contributed by atoms with Crippen LogP contribution in [-0.2, 0) is 0 Å². The normalized spacial score (nSPS) is 29.8. The van der Waals surface area contributed by atoms with Crippen LogP contribution in [0.1, 0.15) is 19.3 Å². The molecule has 0 aromatic carbocycles. The van der Waals surface area contributed by atoms with Gasteiger partial charge in [-0.25, -0.2) is 0 Å². The number of nitrogens with zero attached hydrogens (tertiary/aromatic N) is 1. The lowest BCUT2D eigenvalue weighted by Crippen LogP contribution is -2.36. The van der Waals surface area contributed by atoms with Gasteiger partial charge in [0.05, 0.1) is 5.60 Å². The van der Waals surface area contributed by atoms with Crippen LogP contribution in [-0.4, -0.2) is 48.3 Å². The molecule has 12 heavy (non-hydrogen) atoms. The first-order chi connectivity index (χ1) is 5.79. The van der Waals surface area contributed by atoms with Gasteiger partial charge in [0, 0.05) is 19.6 Å². The standard InChI is InChI=1S/C9H18N2O/c12-9(2-3-9)8-11-6-1-4-10-5-7-11/h10,12H,1-8H2. The van der Waals surface area contributed by atoms with Gasteiger partial charge in [0.2, 0.25) is 0 Å². The van der Waals surface area contributed by atoms with Gasteiger partial charge in [-0.3, -0.25) is 4.90 Å². The topological polar surface area (TPSA) is 35.5 Å². The third-order valence-electron chi connectivity index (χ3n) is 2.78. The van der Waals surface area contributed by atoms with E-state index in [0.717, 1.165) is 45.6 Å². The Morgan fingerprint density at radius 3 is 2.83 bits per heavy atom. The predicted molar refractivity (Wildman–Crippen MR) is 48.1 cm³/mol. The predicted octanol–water partition coefficient (Wildman–Crippen LogP) is -0.193. The minimum atomic E-state index is -0.301. The van der Waals surface area contributed by atoms with Gasteiger partial charge in [-0.15, -0.1) is 0 Å². The molecular formula is C9H18N2O. The van der Waals surface area contributed by atoms with Crippen molar-refractivity contribution in [1.82, 2.24) is 10.2 Å². The van der Waals surface area contributed by atoms with Crippen LogP contribution in [0.25, 0.3) is 0 Å². The summed E-state index contributed by atoms with van der Waals surface area (Å²) in [7, 11) is 0. The van der Waals surface area contributed by atoms with Crippen molar-refractivity contribution in [3.8, 4) is 0 Å². The van der Waals surface area contributed by atoms with Crippen molar-refractivity contribution in [2.75, 3.05) is 32.7 Å². The van der Waals surface area contributed by atoms with Crippen LogP contribution >= 0.6 is 0 Å². The first-order valence-corrected chi connectivity index (χ1v) is 4.94. The van der Waals surface area contributed by atoms with E-state index in [1.54, 1.807) is 0 Å². The summed E-state index contributed by atoms with van der Waals surface area (Å²) in [6.45, 7) is 5.36. The Bertz CT molecular complexity index is 149. The van der Waals surface area contributed by atoms with Gasteiger partial charge in [0.1, 0.15) is 0 Å². The minimum Gasteiger partial charge on any atom is -0.389 e. The van der Waals surface area contributed by atoms with E-state index in [0.29, 0.717) is 0 Å². The molecule has 2 fully saturated rings. The molecule has 1 heterocycles. The van der Waals surface area contributed by atoms with Crippen molar-refractivity contribution in [3.05, 3.63) is 0 Å². The lowest BCUT2D eigenvalue weighted by molar-refractivity contribution is 0.0949. The van der Waals surface area contributed by atoms with Crippen molar-refractivity contribution in [2.45, 2.75) is 24.9 Å². The van der Waals surface area contributed by atoms with Gasteiger partial charge in [-0.2, -0.15) is 0 Å². The Morgan fingerprint density at radius 2 is 2.08 bits per heavy atom. The average Bonchev–Trinajstić information content (AvgIpc) is 2.78. The Kier molecular flexibility index (Phi) is 2.35. The SMILES string of the molecule is OC1(CN2CCCNCC2)CC1. The van der Waals surface area contributed by atoms with Crippen LogP contribution in [0.15, 0.2) is 0 Å². The highest BCUT2D eigenvalue weighted by Crippen LogP contribution is 2.35. The van der Waals surface area contributed by atoms with Crippen LogP contribution in [0.2, 0.25) is 0 Å². The second-order valence-electron chi connectivity index (χ2n) is 4.10. The Hall–Kier alpha value is -0.120. The maximum absolute atomic E-state index is 9.71. The average molecular weight is 170 g/mol. The first-order valence-electron chi connectivity index (χ1n) is 4.94. The zero-order valence-corrected chi connectivity index (χ0v) is 7.55. The largest absolute Gasteiger partial charge is 0.389 e. The Morgan fingerprint density at radius 1 is 1.25 bits per heavy atom. The fourth-order valence-corrected chi connectivity index (χ4v) is 1.78. The van der Waals surface area contributed by atoms with Crippen LogP contribution in [0.5, 0.6) is 0 Å². The minimum absolute atomic E-state index is 0.301. The second-order valence-corrected chi connectivity index (χ2v) is 4.10. The zero-order chi connectivity index (χ0) is 8.44. The van der Waals surface area contributed by atoms with Gasteiger partial charge in [0.15, 0.2) is 0 Å². The number of hydrogen-bond donors (Lipinski definition) is 2. The molecule has 0 aromatic heterocycles. The van der Waals surface area contributed by atoms with Gasteiger partial charge >= 0.3 is 0 Å². The van der Waals surface area contributed by atoms with Crippen LogP contribution in [0.4, 0.5) is 0 Å². The molecule has 2 aliphatic rings. The first kappa shape index (κ1) is 8.48. The maximum Gasteiger partial charge on any atom is 0.0776 e. The van der Waals surface area contributed by atoms with Gasteiger partial charge in [-0.1, -0.05) is 0 Å². The van der Waals surface area contributed by atoms with Crippen molar-refractivity contribution in [2.24, 2.45) is 0 Å². The summed E-state index contributed by atoms with van der Waals surface area (Å²) in [5.74, 6) is 0. The maximum atomic E-state index is 9.71. The Balaban J connectivity index is 1.77. The summed E-state index contributed by atoms with van der Waals surface area (Å²) < 4.78 is 0. The van der Waals surface area contributed by atoms with E-state index in [1.165, 1.54) is 6.42 Å². The zero-order valence-electron chi connectivity index (χ0n) is 7.55. The van der Waals surface area contributed by atoms with E-state index in [1.807, 2.05) is 0 Å². The van der Waals surface area contributed by atoms with E-state index in [-0.39, 0.29) is 5.60 Å². The Labute approximate surface area is 73.8 Å². The molecule has 1 saturated heterocycles. The molecule has 0 amide bonds. The van der Waals surface area contributed by atoms with E-state index in [9.17, 15) is 5.11 Å². The molecule has 1 saturated carbocycles. The summed E-state index contributed by atoms with van der Waals surface area (Å²) in [6.07, 6.45) is 3.24. The highest BCUT2D eigenvalue weighted by molar-refractivity contribution is 4.96. The fourth-order valence-electron chi connectivity index (χ4n) is 1.78. The number of β-amino-alcohol motifs (C(OH)–C–C–N with tert-alkyl or cyclic N) is 1. The lowest BCUT2D eigenvalue weighted by Gasteiger charge is -2.22. The molecule has 1 aliphatic heterocycles. The number of aliphatic hydroxyl groups is 1. The number of rotatable bonds is 2. The van der Waals surface area contributed by atoms with Crippen LogP contribution in [0, 0.1) is 0 Å². The van der Waals surface area contributed by atoms with Crippen molar-refractivity contribution in [1.29, 1.82) is 0 Å². The van der Waals surface area contributed by atoms with Crippen molar-refractivity contribution < 1.29 is 5.11 Å². The van der Waals surface area contributed by atoms with Crippen molar-refractivity contribution in [3.63, 3.8) is 0 Å². The van der Waals surface area contributed by atoms with Crippen molar-refractivity contribution >= 4 is 0 Å². The third kappa shape index (κ3) is 2.19. The molecule has 0 aromatic rings. The van der Waals surface area contributed by atoms with E-state index >= 15 is 0 Å². The lowest BCUT2D eigenvalue weighted by atomic mass is 10.3. The highest BCUT2D eigenvalue weighted by Gasteiger charge is 2.41. The number of hydrogen-bond acceptors (Lipinski definition) is 3. The smallest absolute Gasteiger partial charge is 0.0776 e. The summed E-state index contributed by atoms with van der Waals surface area (Å²) >= 11 is 0. The van der Waals surface area contributed by atoms with E-state index < -0.39 is 0 Å². The van der Waals surface area contributed by atoms with E-state index in [2.05, 4.69) is 10.2 Å². The van der Waals surface area contributed by atoms with Gasteiger partial charge in [0.25, 0.3) is 0 Å². The summed E-state index contributed by atoms with van der Waals surface area (Å²) in [4.78, 5) is 2.38. The second kappa shape index (κ2) is 3.32. The molecule has 0 bridgehead atoms. The molecular weight excluding hydrogens is 152 g/mol. The molecule has 1 aliphatic carbocycles. The molecule has 70 valence electrons. The molecule has 2 N–H and O–H groups in total. The molecule has 0 unspecified atom stereocenters. The van der Waals surface area contributed by atoms with Gasteiger partial charge in [-0.05, 0) is 32.4 Å². The fraction of sp³-hybridized carbons (Fsp3) is 1.00. The monoisotopic (exact) mass is 170 g/mol. The van der Waals surface area contributed by atoms with Gasteiger partial charge < -0.3 is 10.4 Å². The quantitative estimate of drug-likeness (QED) is 0.603. The molecule has 0 spiro atoms. The molecule has 0 atom stereocenters. The number of nitrogens with one attached hydrogen (secondary N) is 1. The molecule has 2 rings (SSSR count). The summed E-state index contributed by atoms with van der Waals surface area (Å²) in [6, 6.07) is 0. The van der Waals surface area contributed by atoms with E-state index in [4.69, 9.17) is 0 Å². The molecule has 3 nitrogen and oxygen atoms in total. The van der Waals surface area contributed by atoms with Crippen LogP contribution < -0.4 is 5.32 Å². The molecule has 3 heteroatoms. The molecule has 0 radical (unpaired) electrons. The summed E-state index contributed by atoms with van der Waals surface area (Å²) in [5, 5.41) is 13.1.